The van der Waals surface area contributed by atoms with Crippen molar-refractivity contribution in [2.45, 2.75) is 32.4 Å². The number of urea groups is 1. The highest BCUT2D eigenvalue weighted by molar-refractivity contribution is 6.12. The van der Waals surface area contributed by atoms with Crippen molar-refractivity contribution >= 4 is 29.5 Å². The summed E-state index contributed by atoms with van der Waals surface area (Å²) < 4.78 is 42.9. The van der Waals surface area contributed by atoms with E-state index in [0.717, 1.165) is 17.0 Å². The topological polar surface area (TPSA) is 126 Å². The minimum Gasteiger partial charge on any atom is -0.384 e. The SMILES string of the molecule is CC(C)[C@@H](NC(=O)N1C(=O)[C@H](Cc2ccnc(N)c2)[C@H]1C(=O)N(C)c1ccn(C)n1)c1cc(F)c(F)c(F)c1. The van der Waals surface area contributed by atoms with Gasteiger partial charge in [-0.3, -0.25) is 24.1 Å². The molecule has 0 bridgehead atoms. The number of aromatic nitrogens is 3. The molecule has 0 aliphatic carbocycles. The second-order valence-corrected chi connectivity index (χ2v) is 9.77. The molecule has 206 valence electrons. The molecule has 1 aliphatic rings. The number of nitrogen functional groups attached to an aromatic ring is 1. The van der Waals surface area contributed by atoms with Crippen molar-refractivity contribution in [3.05, 3.63) is 71.3 Å². The molecule has 3 heterocycles. The second kappa shape index (κ2) is 10.8. The molecule has 0 saturated carbocycles. The molecule has 3 aromatic rings. The maximum absolute atomic E-state index is 13.9. The lowest BCUT2D eigenvalue weighted by molar-refractivity contribution is -0.156. The third kappa shape index (κ3) is 5.42. The van der Waals surface area contributed by atoms with E-state index in [1.165, 1.54) is 22.8 Å². The van der Waals surface area contributed by atoms with Gasteiger partial charge in [-0.05, 0) is 47.7 Å². The number of hydrogen-bond acceptors (Lipinski definition) is 6. The van der Waals surface area contributed by atoms with Crippen LogP contribution < -0.4 is 16.0 Å². The van der Waals surface area contributed by atoms with Crippen molar-refractivity contribution in [3.8, 4) is 0 Å². The molecule has 10 nitrogen and oxygen atoms in total. The molecule has 3 N–H and O–H groups in total. The largest absolute Gasteiger partial charge is 0.384 e. The number of β-lactam (4-membered cyclic amide) rings is 1. The molecule has 0 spiro atoms. The number of nitrogens with two attached hydrogens (primary N) is 1. The minimum atomic E-state index is -1.63. The molecule has 1 aromatic carbocycles. The van der Waals surface area contributed by atoms with Crippen LogP contribution in [0.15, 0.2) is 42.7 Å². The van der Waals surface area contributed by atoms with Crippen molar-refractivity contribution in [1.82, 2.24) is 25.0 Å². The predicted octanol–water partition coefficient (Wildman–Crippen LogP) is 2.95. The maximum atomic E-state index is 13.9. The number of aryl methyl sites for hydroxylation is 1. The number of halogens is 3. The molecule has 4 amide bonds. The quantitative estimate of drug-likeness (QED) is 0.349. The fraction of sp³-hybridized carbons (Fsp3) is 0.346. The number of likely N-dealkylation sites (N-methyl/N-ethyl adjacent to an activating group) is 1. The molecule has 1 fully saturated rings. The third-order valence-electron chi connectivity index (χ3n) is 6.67. The van der Waals surface area contributed by atoms with Crippen molar-refractivity contribution in [2.75, 3.05) is 17.7 Å². The highest BCUT2D eigenvalue weighted by Gasteiger charge is 2.55. The summed E-state index contributed by atoms with van der Waals surface area (Å²) in [5.41, 5.74) is 6.38. The van der Waals surface area contributed by atoms with Gasteiger partial charge in [0.2, 0.25) is 5.91 Å². The monoisotopic (exact) mass is 543 g/mol. The van der Waals surface area contributed by atoms with Gasteiger partial charge in [-0.15, -0.1) is 0 Å². The van der Waals surface area contributed by atoms with Gasteiger partial charge in [-0.1, -0.05) is 13.8 Å². The zero-order valence-electron chi connectivity index (χ0n) is 21.7. The number of nitrogens with zero attached hydrogens (tertiary/aromatic N) is 5. The van der Waals surface area contributed by atoms with E-state index in [1.54, 1.807) is 45.3 Å². The van der Waals surface area contributed by atoms with Crippen LogP contribution in [0.25, 0.3) is 0 Å². The van der Waals surface area contributed by atoms with E-state index < -0.39 is 59.2 Å². The minimum absolute atomic E-state index is 0.0278. The summed E-state index contributed by atoms with van der Waals surface area (Å²) in [6.07, 6.45) is 3.23. The Bertz CT molecular complexity index is 1400. The van der Waals surface area contributed by atoms with Crippen molar-refractivity contribution in [1.29, 1.82) is 0 Å². The van der Waals surface area contributed by atoms with Crippen LogP contribution >= 0.6 is 0 Å². The number of rotatable bonds is 7. The zero-order valence-corrected chi connectivity index (χ0v) is 21.7. The molecule has 1 aliphatic heterocycles. The van der Waals surface area contributed by atoms with Gasteiger partial charge in [0.15, 0.2) is 23.3 Å². The molecule has 2 aromatic heterocycles. The Labute approximate surface area is 222 Å². The highest BCUT2D eigenvalue weighted by Crippen LogP contribution is 2.34. The highest BCUT2D eigenvalue weighted by atomic mass is 19.2. The number of carbonyl (C=O) groups excluding carboxylic acids is 3. The summed E-state index contributed by atoms with van der Waals surface area (Å²) in [5, 5.41) is 6.80. The van der Waals surface area contributed by atoms with E-state index in [-0.39, 0.29) is 17.8 Å². The molecule has 0 unspecified atom stereocenters. The number of benzene rings is 1. The fourth-order valence-electron chi connectivity index (χ4n) is 4.62. The van der Waals surface area contributed by atoms with Gasteiger partial charge in [0.1, 0.15) is 11.9 Å². The van der Waals surface area contributed by atoms with E-state index in [1.807, 2.05) is 0 Å². The van der Waals surface area contributed by atoms with Crippen LogP contribution in [0, 0.1) is 29.3 Å². The lowest BCUT2D eigenvalue weighted by Crippen LogP contribution is -2.70. The lowest BCUT2D eigenvalue weighted by atomic mass is 9.81. The van der Waals surface area contributed by atoms with Crippen LogP contribution in [0.5, 0.6) is 0 Å². The van der Waals surface area contributed by atoms with Crippen molar-refractivity contribution < 1.29 is 27.6 Å². The Morgan fingerprint density at radius 3 is 2.38 bits per heavy atom. The number of anilines is 2. The summed E-state index contributed by atoms with van der Waals surface area (Å²) in [6.45, 7) is 3.35. The van der Waals surface area contributed by atoms with E-state index in [9.17, 15) is 27.6 Å². The van der Waals surface area contributed by atoms with Crippen LogP contribution in [-0.2, 0) is 23.1 Å². The fourth-order valence-corrected chi connectivity index (χ4v) is 4.62. The van der Waals surface area contributed by atoms with E-state index in [2.05, 4.69) is 15.4 Å². The summed E-state index contributed by atoms with van der Waals surface area (Å²) in [5.74, 6) is -6.38. The van der Waals surface area contributed by atoms with Gasteiger partial charge in [0.05, 0.1) is 12.0 Å². The summed E-state index contributed by atoms with van der Waals surface area (Å²) in [7, 11) is 3.16. The first-order valence-electron chi connectivity index (χ1n) is 12.1. The molecule has 1 saturated heterocycles. The molecule has 0 radical (unpaired) electrons. The average Bonchev–Trinajstić information content (AvgIpc) is 3.32. The molecule has 3 atom stereocenters. The van der Waals surface area contributed by atoms with Crippen LogP contribution in [0.3, 0.4) is 0 Å². The number of nitrogens with one attached hydrogen (secondary N) is 1. The smallest absolute Gasteiger partial charge is 0.325 e. The van der Waals surface area contributed by atoms with Crippen molar-refractivity contribution in [2.24, 2.45) is 18.9 Å². The first-order valence-corrected chi connectivity index (χ1v) is 12.1. The number of imide groups is 1. The van der Waals surface area contributed by atoms with Crippen LogP contribution in [0.2, 0.25) is 0 Å². The van der Waals surface area contributed by atoms with Gasteiger partial charge >= 0.3 is 6.03 Å². The zero-order chi connectivity index (χ0) is 28.6. The molecular weight excluding hydrogens is 515 g/mol. The normalized spacial score (nSPS) is 17.6. The molecule has 13 heteroatoms. The van der Waals surface area contributed by atoms with Crippen LogP contribution in [0.1, 0.15) is 31.0 Å². The lowest BCUT2D eigenvalue weighted by Gasteiger charge is -2.46. The first-order chi connectivity index (χ1) is 18.4. The van der Waals surface area contributed by atoms with Gasteiger partial charge in [-0.25, -0.2) is 22.9 Å². The summed E-state index contributed by atoms with van der Waals surface area (Å²) in [4.78, 5) is 46.2. The van der Waals surface area contributed by atoms with Gasteiger partial charge in [-0.2, -0.15) is 5.10 Å². The first kappa shape index (κ1) is 27.6. The second-order valence-electron chi connectivity index (χ2n) is 9.77. The van der Waals surface area contributed by atoms with E-state index in [0.29, 0.717) is 11.4 Å². The molecule has 4 rings (SSSR count). The average molecular weight is 544 g/mol. The Kier molecular flexibility index (Phi) is 7.61. The third-order valence-corrected chi connectivity index (χ3v) is 6.67. The van der Waals surface area contributed by atoms with Crippen molar-refractivity contribution in [3.63, 3.8) is 0 Å². The Balaban J connectivity index is 1.64. The maximum Gasteiger partial charge on any atom is 0.325 e. The number of hydrogen-bond donors (Lipinski definition) is 2. The van der Waals surface area contributed by atoms with E-state index >= 15 is 0 Å². The van der Waals surface area contributed by atoms with E-state index in [4.69, 9.17) is 5.73 Å². The Morgan fingerprint density at radius 2 is 1.82 bits per heavy atom. The van der Waals surface area contributed by atoms with Crippen LogP contribution in [0.4, 0.5) is 29.6 Å². The number of amides is 4. The predicted molar refractivity (Wildman–Crippen MR) is 136 cm³/mol. The molecular formula is C26H28F3N7O3. The Hall–Kier alpha value is -4.42. The Morgan fingerprint density at radius 1 is 1.15 bits per heavy atom. The number of carbonyl (C=O) groups is 3. The summed E-state index contributed by atoms with van der Waals surface area (Å²) in [6, 6.07) is 3.29. The number of likely N-dealkylation sites (tertiary alicyclic amines) is 1. The number of pyridine rings is 1. The van der Waals surface area contributed by atoms with Gasteiger partial charge < -0.3 is 11.1 Å². The standard InChI is InChI=1S/C26H28F3N7O3/c1-13(2)22(15-11-17(27)21(29)18(28)12-15)32-26(39)36-23(25(38)35(4)20-6-8-34(3)33-20)16(24(36)37)9-14-5-7-31-19(30)10-14/h5-8,10-13,16,22-23H,9H2,1-4H3,(H2,30,31)(H,32,39)/t16-,22-,23+/m1/s1. The van der Waals surface area contributed by atoms with Crippen LogP contribution in [-0.4, -0.2) is 50.6 Å². The summed E-state index contributed by atoms with van der Waals surface area (Å²) >= 11 is 0. The van der Waals surface area contributed by atoms with Gasteiger partial charge in [0.25, 0.3) is 5.91 Å². The molecule has 39 heavy (non-hydrogen) atoms. The van der Waals surface area contributed by atoms with Gasteiger partial charge in [0, 0.05) is 32.6 Å².